The maximum atomic E-state index is 11.7. The van der Waals surface area contributed by atoms with Crippen molar-refractivity contribution in [3.8, 4) is 11.5 Å². The van der Waals surface area contributed by atoms with Crippen LogP contribution in [0.4, 0.5) is 0 Å². The number of hydrogen-bond donors (Lipinski definition) is 1. The molecule has 0 unspecified atom stereocenters. The molecule has 0 radical (unpaired) electrons. The summed E-state index contributed by atoms with van der Waals surface area (Å²) < 4.78 is 10.7. The number of carbonyl (C=O) groups is 1. The third-order valence-corrected chi connectivity index (χ3v) is 4.15. The van der Waals surface area contributed by atoms with Gasteiger partial charge < -0.3 is 14.5 Å². The molecule has 2 aliphatic rings. The molecule has 1 fully saturated rings. The molecular weight excluding hydrogens is 294 g/mol. The van der Waals surface area contributed by atoms with Crippen LogP contribution in [-0.2, 0) is 4.74 Å². The van der Waals surface area contributed by atoms with Gasteiger partial charge in [0.25, 0.3) is 0 Å². The van der Waals surface area contributed by atoms with Gasteiger partial charge in [0.2, 0.25) is 5.56 Å². The van der Waals surface area contributed by atoms with E-state index in [2.05, 4.69) is 4.98 Å². The average molecular weight is 309 g/mol. The summed E-state index contributed by atoms with van der Waals surface area (Å²) in [6.45, 7) is 0. The highest BCUT2D eigenvalue weighted by molar-refractivity contribution is 5.92. The summed E-state index contributed by atoms with van der Waals surface area (Å²) in [6, 6.07) is 8.34. The van der Waals surface area contributed by atoms with Crippen molar-refractivity contribution in [1.29, 1.82) is 0 Å². The molecule has 1 aromatic heterocycles. The lowest BCUT2D eigenvalue weighted by Gasteiger charge is -2.10. The number of rotatable bonds is 2. The number of methoxy groups -OCH3 is 1. The van der Waals surface area contributed by atoms with E-state index in [1.807, 2.05) is 12.1 Å². The van der Waals surface area contributed by atoms with Crippen LogP contribution in [0.25, 0.3) is 11.6 Å². The Bertz CT molecular complexity index is 890. The number of ether oxygens (including phenoxy) is 2. The number of fused-ring (bicyclic) bond motifs is 2. The van der Waals surface area contributed by atoms with Gasteiger partial charge in [-0.1, -0.05) is 6.07 Å². The van der Waals surface area contributed by atoms with Crippen molar-refractivity contribution in [1.82, 2.24) is 4.98 Å². The second-order valence-electron chi connectivity index (χ2n) is 5.78. The number of esters is 1. The molecule has 1 aliphatic heterocycles. The first-order chi connectivity index (χ1) is 11.2. The van der Waals surface area contributed by atoms with Gasteiger partial charge in [0.1, 0.15) is 5.75 Å². The van der Waals surface area contributed by atoms with E-state index >= 15 is 0 Å². The maximum absolute atomic E-state index is 11.7. The number of aromatic amines is 1. The summed E-state index contributed by atoms with van der Waals surface area (Å²) in [7, 11) is 1.35. The quantitative estimate of drug-likeness (QED) is 0.865. The van der Waals surface area contributed by atoms with Crippen molar-refractivity contribution in [2.75, 3.05) is 7.11 Å². The molecule has 0 atom stereocenters. The molecule has 0 saturated heterocycles. The van der Waals surface area contributed by atoms with Gasteiger partial charge in [-0.05, 0) is 48.6 Å². The highest BCUT2D eigenvalue weighted by Crippen LogP contribution is 2.47. The fourth-order valence-corrected chi connectivity index (χ4v) is 2.82. The monoisotopic (exact) mass is 309 g/mol. The highest BCUT2D eigenvalue weighted by Gasteiger charge is 2.31. The molecule has 1 saturated carbocycles. The molecular formula is C18H15NO4. The van der Waals surface area contributed by atoms with E-state index in [1.54, 1.807) is 18.2 Å². The highest BCUT2D eigenvalue weighted by atomic mass is 16.5. The van der Waals surface area contributed by atoms with Crippen molar-refractivity contribution in [3.05, 3.63) is 57.5 Å². The molecule has 5 heteroatoms. The number of pyridine rings is 1. The largest absolute Gasteiger partial charge is 0.465 e. The van der Waals surface area contributed by atoms with Gasteiger partial charge in [-0.15, -0.1) is 0 Å². The molecule has 5 nitrogen and oxygen atoms in total. The number of aromatic nitrogens is 1. The number of hydrogen-bond acceptors (Lipinski definition) is 4. The van der Waals surface area contributed by atoms with Crippen LogP contribution in [0, 0.1) is 5.92 Å². The third-order valence-electron chi connectivity index (χ3n) is 4.15. The topological polar surface area (TPSA) is 68.4 Å². The normalized spacial score (nSPS) is 15.6. The Labute approximate surface area is 132 Å². The van der Waals surface area contributed by atoms with Gasteiger partial charge in [-0.25, -0.2) is 4.79 Å². The van der Waals surface area contributed by atoms with E-state index in [4.69, 9.17) is 9.47 Å². The van der Waals surface area contributed by atoms with Crippen LogP contribution < -0.4 is 10.3 Å². The van der Waals surface area contributed by atoms with E-state index < -0.39 is 5.97 Å². The van der Waals surface area contributed by atoms with Gasteiger partial charge >= 0.3 is 5.97 Å². The predicted octanol–water partition coefficient (Wildman–Crippen LogP) is 3.22. The van der Waals surface area contributed by atoms with Crippen LogP contribution in [0.2, 0.25) is 0 Å². The van der Waals surface area contributed by atoms with Gasteiger partial charge in [0.05, 0.1) is 18.4 Å². The fraction of sp³-hybridized carbons (Fsp3) is 0.222. The Kier molecular flexibility index (Phi) is 3.08. The molecule has 4 rings (SSSR count). The van der Waals surface area contributed by atoms with E-state index in [0.717, 1.165) is 29.7 Å². The molecule has 0 amide bonds. The molecule has 0 spiro atoms. The first-order valence-electron chi connectivity index (χ1n) is 7.51. The lowest BCUT2D eigenvalue weighted by Crippen LogP contribution is -2.08. The molecule has 116 valence electrons. The van der Waals surface area contributed by atoms with Crippen molar-refractivity contribution in [2.45, 2.75) is 12.8 Å². The summed E-state index contributed by atoms with van der Waals surface area (Å²) in [4.78, 5) is 26.3. The Morgan fingerprint density at radius 1 is 1.22 bits per heavy atom. The van der Waals surface area contributed by atoms with E-state index in [1.165, 1.54) is 13.2 Å². The molecule has 1 aliphatic carbocycles. The summed E-state index contributed by atoms with van der Waals surface area (Å²) in [5, 5.41) is 0. The predicted molar refractivity (Wildman–Crippen MR) is 85.5 cm³/mol. The van der Waals surface area contributed by atoms with Gasteiger partial charge in [0, 0.05) is 11.6 Å². The number of carbonyl (C=O) groups excluding carboxylic acids is 1. The summed E-state index contributed by atoms with van der Waals surface area (Å²) in [5.74, 6) is 1.22. The zero-order valence-electron chi connectivity index (χ0n) is 12.6. The Balaban J connectivity index is 1.89. The molecule has 2 aromatic rings. The van der Waals surface area contributed by atoms with E-state index in [-0.39, 0.29) is 5.56 Å². The number of nitrogens with one attached hydrogen (secondary N) is 1. The first kappa shape index (κ1) is 13.8. The van der Waals surface area contributed by atoms with Crippen molar-refractivity contribution in [2.24, 2.45) is 5.92 Å². The van der Waals surface area contributed by atoms with Crippen molar-refractivity contribution >= 4 is 17.6 Å². The van der Waals surface area contributed by atoms with Crippen LogP contribution in [0.15, 0.2) is 35.1 Å². The number of H-pyrrole nitrogens is 1. The molecule has 1 aromatic carbocycles. The van der Waals surface area contributed by atoms with Crippen LogP contribution in [0.3, 0.4) is 0 Å². The molecule has 0 bridgehead atoms. The Hall–Kier alpha value is -2.82. The lowest BCUT2D eigenvalue weighted by molar-refractivity contribution is 0.0600. The second kappa shape index (κ2) is 5.12. The van der Waals surface area contributed by atoms with E-state index in [9.17, 15) is 9.59 Å². The summed E-state index contributed by atoms with van der Waals surface area (Å²) >= 11 is 0. The van der Waals surface area contributed by atoms with Crippen molar-refractivity contribution < 1.29 is 14.3 Å². The maximum Gasteiger partial charge on any atom is 0.337 e. The third kappa shape index (κ3) is 2.44. The Morgan fingerprint density at radius 3 is 2.78 bits per heavy atom. The zero-order chi connectivity index (χ0) is 16.0. The minimum absolute atomic E-state index is 0.153. The van der Waals surface area contributed by atoms with Crippen LogP contribution in [0.5, 0.6) is 11.5 Å². The Morgan fingerprint density at radius 2 is 2.04 bits per heavy atom. The molecule has 2 heterocycles. The number of allylic oxidation sites excluding steroid dienone is 1. The molecule has 1 N–H and O–H groups in total. The minimum atomic E-state index is -0.409. The lowest BCUT2D eigenvalue weighted by atomic mass is 10.0. The van der Waals surface area contributed by atoms with Crippen LogP contribution >= 0.6 is 0 Å². The van der Waals surface area contributed by atoms with Gasteiger partial charge in [0.15, 0.2) is 5.75 Å². The number of benzene rings is 1. The van der Waals surface area contributed by atoms with Gasteiger partial charge in [-0.2, -0.15) is 0 Å². The smallest absolute Gasteiger partial charge is 0.337 e. The minimum Gasteiger partial charge on any atom is -0.465 e. The van der Waals surface area contributed by atoms with E-state index in [0.29, 0.717) is 23.0 Å². The summed E-state index contributed by atoms with van der Waals surface area (Å²) in [6.07, 6.45) is 4.26. The standard InChI is InChI=1S/C18H15NO4/c1-22-18(21)12-5-4-11-8-13(10-2-3-10)17-14(23-15(11)9-12)6-7-16(20)19-17/h4-10H,2-3H2,1H3,(H,19,20). The fourth-order valence-electron chi connectivity index (χ4n) is 2.82. The molecule has 23 heavy (non-hydrogen) atoms. The SMILES string of the molecule is COC(=O)c1ccc2c(c1)Oc1ccc(=O)[nH]c1C(C1CC1)=C2. The first-order valence-corrected chi connectivity index (χ1v) is 7.51. The van der Waals surface area contributed by atoms with Crippen LogP contribution in [0.1, 0.15) is 34.5 Å². The summed E-state index contributed by atoms with van der Waals surface area (Å²) in [5.41, 5.74) is 2.98. The van der Waals surface area contributed by atoms with Crippen LogP contribution in [-0.4, -0.2) is 18.1 Å². The van der Waals surface area contributed by atoms with Gasteiger partial charge in [-0.3, -0.25) is 4.79 Å². The zero-order valence-corrected chi connectivity index (χ0v) is 12.6. The van der Waals surface area contributed by atoms with Crippen molar-refractivity contribution in [3.63, 3.8) is 0 Å². The second-order valence-corrected chi connectivity index (χ2v) is 5.78. The average Bonchev–Trinajstić information content (AvgIpc) is 3.39.